The van der Waals surface area contributed by atoms with Crippen LogP contribution in [0, 0.1) is 0 Å². The molecule has 1 aromatic rings. The third-order valence-corrected chi connectivity index (χ3v) is 3.01. The van der Waals surface area contributed by atoms with Crippen LogP contribution in [0.25, 0.3) is 0 Å². The molecule has 6 heteroatoms. The number of aromatic amines is 1. The first-order valence-electron chi connectivity index (χ1n) is 4.36. The Morgan fingerprint density at radius 2 is 2.54 bits per heavy atom. The SMILES string of the molecule is CC1CCC(CSc2nn[nH]n2)O1. The highest BCUT2D eigenvalue weighted by atomic mass is 32.2. The molecule has 0 amide bonds. The van der Waals surface area contributed by atoms with Gasteiger partial charge in [0.05, 0.1) is 12.2 Å². The summed E-state index contributed by atoms with van der Waals surface area (Å²) < 4.78 is 5.65. The van der Waals surface area contributed by atoms with Gasteiger partial charge >= 0.3 is 0 Å². The second-order valence-electron chi connectivity index (χ2n) is 3.15. The molecule has 2 rings (SSSR count). The molecule has 1 aliphatic rings. The number of aromatic nitrogens is 4. The van der Waals surface area contributed by atoms with Gasteiger partial charge in [0, 0.05) is 5.75 Å². The summed E-state index contributed by atoms with van der Waals surface area (Å²) in [6, 6.07) is 0. The lowest BCUT2D eigenvalue weighted by atomic mass is 10.2. The number of H-pyrrole nitrogens is 1. The van der Waals surface area contributed by atoms with E-state index in [2.05, 4.69) is 27.5 Å². The molecule has 1 aliphatic heterocycles. The molecule has 1 N–H and O–H groups in total. The number of tetrazole rings is 1. The summed E-state index contributed by atoms with van der Waals surface area (Å²) in [5.74, 6) is 0.921. The summed E-state index contributed by atoms with van der Waals surface area (Å²) in [7, 11) is 0. The standard InChI is InChI=1S/C7H12N4OS/c1-5-2-3-6(12-5)4-13-7-8-10-11-9-7/h5-6H,2-4H2,1H3,(H,8,9,10,11). The number of nitrogens with one attached hydrogen (secondary N) is 1. The highest BCUT2D eigenvalue weighted by molar-refractivity contribution is 7.99. The number of rotatable bonds is 3. The first-order valence-corrected chi connectivity index (χ1v) is 5.35. The zero-order chi connectivity index (χ0) is 9.10. The zero-order valence-electron chi connectivity index (χ0n) is 7.43. The Kier molecular flexibility index (Phi) is 2.80. The maximum absolute atomic E-state index is 5.65. The molecule has 0 bridgehead atoms. The molecule has 2 atom stereocenters. The monoisotopic (exact) mass is 200 g/mol. The fraction of sp³-hybridized carbons (Fsp3) is 0.857. The summed E-state index contributed by atoms with van der Waals surface area (Å²) in [4.78, 5) is 0. The quantitative estimate of drug-likeness (QED) is 0.733. The number of ether oxygens (including phenoxy) is 1. The average molecular weight is 200 g/mol. The van der Waals surface area contributed by atoms with Gasteiger partial charge in [-0.1, -0.05) is 11.8 Å². The number of hydrogen-bond acceptors (Lipinski definition) is 5. The van der Waals surface area contributed by atoms with Crippen molar-refractivity contribution in [3.05, 3.63) is 0 Å². The topological polar surface area (TPSA) is 63.7 Å². The van der Waals surface area contributed by atoms with Gasteiger partial charge in [-0.05, 0) is 25.0 Å². The van der Waals surface area contributed by atoms with Crippen molar-refractivity contribution in [2.75, 3.05) is 5.75 Å². The van der Waals surface area contributed by atoms with Gasteiger partial charge < -0.3 is 4.74 Å². The lowest BCUT2D eigenvalue weighted by Crippen LogP contribution is -2.10. The Hall–Kier alpha value is -0.620. The van der Waals surface area contributed by atoms with Gasteiger partial charge in [0.15, 0.2) is 0 Å². The predicted molar refractivity (Wildman–Crippen MR) is 48.5 cm³/mol. The van der Waals surface area contributed by atoms with Gasteiger partial charge in [-0.3, -0.25) is 0 Å². The van der Waals surface area contributed by atoms with Crippen molar-refractivity contribution >= 4 is 11.8 Å². The van der Waals surface area contributed by atoms with E-state index in [1.807, 2.05) is 0 Å². The van der Waals surface area contributed by atoms with Crippen molar-refractivity contribution in [1.82, 2.24) is 20.6 Å². The Morgan fingerprint density at radius 1 is 1.62 bits per heavy atom. The minimum atomic E-state index is 0.360. The molecule has 1 aromatic heterocycles. The molecule has 5 nitrogen and oxygen atoms in total. The second-order valence-corrected chi connectivity index (χ2v) is 4.14. The van der Waals surface area contributed by atoms with Crippen molar-refractivity contribution in [1.29, 1.82) is 0 Å². The Balaban J connectivity index is 1.74. The van der Waals surface area contributed by atoms with E-state index in [1.165, 1.54) is 0 Å². The first-order chi connectivity index (χ1) is 6.34. The van der Waals surface area contributed by atoms with E-state index >= 15 is 0 Å². The van der Waals surface area contributed by atoms with E-state index in [1.54, 1.807) is 11.8 Å². The van der Waals surface area contributed by atoms with Crippen LogP contribution in [0.5, 0.6) is 0 Å². The van der Waals surface area contributed by atoms with Gasteiger partial charge in [-0.2, -0.15) is 5.21 Å². The van der Waals surface area contributed by atoms with E-state index in [0.29, 0.717) is 17.4 Å². The largest absolute Gasteiger partial charge is 0.374 e. The van der Waals surface area contributed by atoms with Gasteiger partial charge in [0.1, 0.15) is 0 Å². The zero-order valence-corrected chi connectivity index (χ0v) is 8.25. The van der Waals surface area contributed by atoms with Crippen molar-refractivity contribution in [2.24, 2.45) is 0 Å². The van der Waals surface area contributed by atoms with Gasteiger partial charge in [0.2, 0.25) is 5.16 Å². The summed E-state index contributed by atoms with van der Waals surface area (Å²) in [5.41, 5.74) is 0. The summed E-state index contributed by atoms with van der Waals surface area (Å²) >= 11 is 1.59. The lowest BCUT2D eigenvalue weighted by molar-refractivity contribution is 0.0699. The van der Waals surface area contributed by atoms with E-state index < -0.39 is 0 Å². The van der Waals surface area contributed by atoms with Crippen molar-refractivity contribution in [3.8, 4) is 0 Å². The Labute approximate surface area is 80.6 Å². The van der Waals surface area contributed by atoms with Gasteiger partial charge in [-0.15, -0.1) is 10.2 Å². The van der Waals surface area contributed by atoms with Crippen LogP contribution in [0.2, 0.25) is 0 Å². The molecule has 0 spiro atoms. The molecule has 2 unspecified atom stereocenters. The fourth-order valence-corrected chi connectivity index (χ4v) is 2.17. The molecule has 2 heterocycles. The van der Waals surface area contributed by atoms with Crippen LogP contribution >= 0.6 is 11.8 Å². The molecule has 1 saturated heterocycles. The van der Waals surface area contributed by atoms with Crippen molar-refractivity contribution in [2.45, 2.75) is 37.1 Å². The maximum Gasteiger partial charge on any atom is 0.231 e. The fourth-order valence-electron chi connectivity index (χ4n) is 1.39. The number of hydrogen-bond donors (Lipinski definition) is 1. The van der Waals surface area contributed by atoms with Crippen LogP contribution < -0.4 is 0 Å². The second kappa shape index (κ2) is 4.06. The summed E-state index contributed by atoms with van der Waals surface area (Å²) in [6.07, 6.45) is 3.08. The number of thioether (sulfide) groups is 1. The normalized spacial score (nSPS) is 28.1. The maximum atomic E-state index is 5.65. The molecular formula is C7H12N4OS. The molecule has 0 aliphatic carbocycles. The minimum Gasteiger partial charge on any atom is -0.374 e. The lowest BCUT2D eigenvalue weighted by Gasteiger charge is -2.08. The average Bonchev–Trinajstić information content (AvgIpc) is 2.71. The van der Waals surface area contributed by atoms with Gasteiger partial charge in [-0.25, -0.2) is 0 Å². The van der Waals surface area contributed by atoms with Crippen LogP contribution in [0.4, 0.5) is 0 Å². The van der Waals surface area contributed by atoms with Crippen LogP contribution in [0.1, 0.15) is 19.8 Å². The molecule has 0 radical (unpaired) electrons. The minimum absolute atomic E-state index is 0.360. The van der Waals surface area contributed by atoms with E-state index in [9.17, 15) is 0 Å². The van der Waals surface area contributed by atoms with E-state index in [0.717, 1.165) is 18.6 Å². The van der Waals surface area contributed by atoms with Crippen LogP contribution in [0.15, 0.2) is 5.16 Å². The van der Waals surface area contributed by atoms with Gasteiger partial charge in [0.25, 0.3) is 0 Å². The van der Waals surface area contributed by atoms with E-state index in [-0.39, 0.29) is 0 Å². The van der Waals surface area contributed by atoms with E-state index in [4.69, 9.17) is 4.74 Å². The molecule has 13 heavy (non-hydrogen) atoms. The van der Waals surface area contributed by atoms with Crippen molar-refractivity contribution < 1.29 is 4.74 Å². The van der Waals surface area contributed by atoms with Crippen LogP contribution in [-0.2, 0) is 4.74 Å². The number of nitrogens with zero attached hydrogens (tertiary/aromatic N) is 3. The van der Waals surface area contributed by atoms with Crippen LogP contribution in [0.3, 0.4) is 0 Å². The molecule has 72 valence electrons. The Morgan fingerprint density at radius 3 is 3.15 bits per heavy atom. The molecule has 1 fully saturated rings. The predicted octanol–water partition coefficient (Wildman–Crippen LogP) is 0.859. The molecule has 0 saturated carbocycles. The molecule has 0 aromatic carbocycles. The third kappa shape index (κ3) is 2.41. The van der Waals surface area contributed by atoms with Crippen LogP contribution in [-0.4, -0.2) is 38.6 Å². The Bertz CT molecular complexity index is 253. The smallest absolute Gasteiger partial charge is 0.231 e. The van der Waals surface area contributed by atoms with Crippen molar-refractivity contribution in [3.63, 3.8) is 0 Å². The third-order valence-electron chi connectivity index (χ3n) is 2.04. The highest BCUT2D eigenvalue weighted by Crippen LogP contribution is 2.24. The first kappa shape index (κ1) is 8.96. The molecular weight excluding hydrogens is 188 g/mol. The summed E-state index contributed by atoms with van der Waals surface area (Å²) in [6.45, 7) is 2.11. The summed E-state index contributed by atoms with van der Waals surface area (Å²) in [5, 5.41) is 14.3. The highest BCUT2D eigenvalue weighted by Gasteiger charge is 2.22.